The van der Waals surface area contributed by atoms with Gasteiger partial charge in [0, 0.05) is 23.8 Å². The minimum atomic E-state index is -4.62. The summed E-state index contributed by atoms with van der Waals surface area (Å²) >= 11 is 0.834. The molecule has 0 aliphatic heterocycles. The van der Waals surface area contributed by atoms with Gasteiger partial charge in [0.15, 0.2) is 6.04 Å². The average Bonchev–Trinajstić information content (AvgIpc) is 3.05. The molecule has 1 atom stereocenters. The van der Waals surface area contributed by atoms with E-state index in [4.69, 9.17) is 0 Å². The number of aromatic nitrogens is 3. The molecule has 114 valence electrons. The molecule has 1 amide bonds. The summed E-state index contributed by atoms with van der Waals surface area (Å²) in [4.78, 5) is 15.5. The Hall–Kier alpha value is -1.90. The maximum absolute atomic E-state index is 13.0. The standard InChI is InChI=1S/C12H13F3N4OS/c1-7(2)19-5-3-8(18-19)10(20)17-9(12(13,14)15)11-16-4-6-21-11/h3-7,9H,1-2H3,(H,17,20). The summed E-state index contributed by atoms with van der Waals surface area (Å²) in [6.07, 6.45) is -1.81. The first-order chi connectivity index (χ1) is 9.79. The van der Waals surface area contributed by atoms with E-state index in [9.17, 15) is 18.0 Å². The van der Waals surface area contributed by atoms with Crippen molar-refractivity contribution in [2.45, 2.75) is 32.1 Å². The van der Waals surface area contributed by atoms with Crippen LogP contribution in [0, 0.1) is 0 Å². The van der Waals surface area contributed by atoms with Gasteiger partial charge in [0.1, 0.15) is 10.7 Å². The average molecular weight is 318 g/mol. The van der Waals surface area contributed by atoms with Gasteiger partial charge in [-0.2, -0.15) is 18.3 Å². The van der Waals surface area contributed by atoms with Crippen molar-refractivity contribution in [1.82, 2.24) is 20.1 Å². The van der Waals surface area contributed by atoms with Crippen LogP contribution in [0.2, 0.25) is 0 Å². The fraction of sp³-hybridized carbons (Fsp3) is 0.417. The number of nitrogens with one attached hydrogen (secondary N) is 1. The fourth-order valence-electron chi connectivity index (χ4n) is 1.61. The number of rotatable bonds is 4. The van der Waals surface area contributed by atoms with Crippen molar-refractivity contribution < 1.29 is 18.0 Å². The topological polar surface area (TPSA) is 59.8 Å². The number of alkyl halides is 3. The van der Waals surface area contributed by atoms with Crippen LogP contribution in [0.25, 0.3) is 0 Å². The third-order valence-electron chi connectivity index (χ3n) is 2.67. The zero-order valence-corrected chi connectivity index (χ0v) is 12.1. The van der Waals surface area contributed by atoms with Crippen LogP contribution in [0.1, 0.15) is 41.4 Å². The van der Waals surface area contributed by atoms with Gasteiger partial charge in [-0.1, -0.05) is 0 Å². The van der Waals surface area contributed by atoms with E-state index in [2.05, 4.69) is 10.1 Å². The van der Waals surface area contributed by atoms with Crippen LogP contribution in [-0.4, -0.2) is 26.8 Å². The van der Waals surface area contributed by atoms with Crippen LogP contribution >= 0.6 is 11.3 Å². The minimum Gasteiger partial charge on any atom is -0.333 e. The largest absolute Gasteiger partial charge is 0.415 e. The van der Waals surface area contributed by atoms with Gasteiger partial charge in [0.2, 0.25) is 0 Å². The Labute approximate surface area is 122 Å². The second-order valence-electron chi connectivity index (χ2n) is 4.59. The second-order valence-corrected chi connectivity index (χ2v) is 5.52. The van der Waals surface area contributed by atoms with Crippen LogP contribution in [0.5, 0.6) is 0 Å². The van der Waals surface area contributed by atoms with E-state index in [-0.39, 0.29) is 16.7 Å². The molecule has 0 saturated carbocycles. The van der Waals surface area contributed by atoms with Crippen LogP contribution in [0.15, 0.2) is 23.8 Å². The van der Waals surface area contributed by atoms with Crippen molar-refractivity contribution in [2.75, 3.05) is 0 Å². The lowest BCUT2D eigenvalue weighted by Crippen LogP contribution is -2.38. The highest BCUT2D eigenvalue weighted by molar-refractivity contribution is 7.09. The highest BCUT2D eigenvalue weighted by Crippen LogP contribution is 2.33. The molecule has 0 aromatic carbocycles. The van der Waals surface area contributed by atoms with Crippen molar-refractivity contribution in [2.24, 2.45) is 0 Å². The van der Waals surface area contributed by atoms with E-state index in [1.807, 2.05) is 19.2 Å². The number of nitrogens with zero attached hydrogens (tertiary/aromatic N) is 3. The molecule has 21 heavy (non-hydrogen) atoms. The molecule has 2 aromatic heterocycles. The van der Waals surface area contributed by atoms with E-state index in [1.165, 1.54) is 22.3 Å². The Morgan fingerprint density at radius 2 is 2.14 bits per heavy atom. The molecular formula is C12H13F3N4OS. The van der Waals surface area contributed by atoms with E-state index in [0.717, 1.165) is 11.3 Å². The molecule has 0 saturated heterocycles. The molecule has 0 fully saturated rings. The van der Waals surface area contributed by atoms with Crippen molar-refractivity contribution >= 4 is 17.2 Å². The monoisotopic (exact) mass is 318 g/mol. The highest BCUT2D eigenvalue weighted by atomic mass is 32.1. The van der Waals surface area contributed by atoms with Crippen molar-refractivity contribution in [3.05, 3.63) is 34.5 Å². The number of hydrogen-bond donors (Lipinski definition) is 1. The summed E-state index contributed by atoms with van der Waals surface area (Å²) in [5, 5.41) is 7.10. The Morgan fingerprint density at radius 3 is 2.62 bits per heavy atom. The number of hydrogen-bond acceptors (Lipinski definition) is 4. The van der Waals surface area contributed by atoms with Crippen molar-refractivity contribution in [3.63, 3.8) is 0 Å². The van der Waals surface area contributed by atoms with Crippen LogP contribution in [0.4, 0.5) is 13.2 Å². The third kappa shape index (κ3) is 3.60. The molecule has 0 radical (unpaired) electrons. The van der Waals surface area contributed by atoms with Gasteiger partial charge < -0.3 is 5.32 Å². The summed E-state index contributed by atoms with van der Waals surface area (Å²) in [6, 6.07) is -0.733. The summed E-state index contributed by atoms with van der Waals surface area (Å²) in [6.45, 7) is 3.70. The second kappa shape index (κ2) is 5.84. The van der Waals surface area contributed by atoms with Gasteiger partial charge in [-0.3, -0.25) is 9.48 Å². The first-order valence-electron chi connectivity index (χ1n) is 6.11. The first-order valence-corrected chi connectivity index (χ1v) is 6.99. The summed E-state index contributed by atoms with van der Waals surface area (Å²) < 4.78 is 40.6. The first kappa shape index (κ1) is 15.5. The number of carbonyl (C=O) groups is 1. The lowest BCUT2D eigenvalue weighted by molar-refractivity contribution is -0.155. The molecule has 2 aromatic rings. The molecular weight excluding hydrogens is 305 g/mol. The number of amides is 1. The molecule has 0 aliphatic rings. The maximum atomic E-state index is 13.0. The van der Waals surface area contributed by atoms with Crippen molar-refractivity contribution in [3.8, 4) is 0 Å². The molecule has 2 rings (SSSR count). The van der Waals surface area contributed by atoms with E-state index in [1.54, 1.807) is 6.20 Å². The SMILES string of the molecule is CC(C)n1ccc(C(=O)NC(c2nccs2)C(F)(F)F)n1. The fourth-order valence-corrected chi connectivity index (χ4v) is 2.32. The van der Waals surface area contributed by atoms with Crippen LogP contribution < -0.4 is 5.32 Å². The van der Waals surface area contributed by atoms with Gasteiger partial charge in [-0.05, 0) is 19.9 Å². The molecule has 1 unspecified atom stereocenters. The van der Waals surface area contributed by atoms with Gasteiger partial charge in [-0.25, -0.2) is 4.98 Å². The summed E-state index contributed by atoms with van der Waals surface area (Å²) in [5.74, 6) is -0.882. The normalized spacial score (nSPS) is 13.4. The molecule has 2 heterocycles. The van der Waals surface area contributed by atoms with Crippen LogP contribution in [-0.2, 0) is 0 Å². The third-order valence-corrected chi connectivity index (χ3v) is 3.51. The molecule has 1 N–H and O–H groups in total. The molecule has 0 bridgehead atoms. The Balaban J connectivity index is 2.18. The minimum absolute atomic E-state index is 0.0175. The quantitative estimate of drug-likeness (QED) is 0.943. The number of halogens is 3. The highest BCUT2D eigenvalue weighted by Gasteiger charge is 2.43. The smallest absolute Gasteiger partial charge is 0.333 e. The van der Waals surface area contributed by atoms with Gasteiger partial charge in [0.25, 0.3) is 5.91 Å². The Kier molecular flexibility index (Phi) is 4.31. The predicted molar refractivity (Wildman–Crippen MR) is 71.0 cm³/mol. The van der Waals surface area contributed by atoms with Gasteiger partial charge in [0.05, 0.1) is 0 Å². The van der Waals surface area contributed by atoms with E-state index < -0.39 is 18.1 Å². The summed E-state index contributed by atoms with van der Waals surface area (Å²) in [5.41, 5.74) is -0.0606. The molecule has 0 spiro atoms. The van der Waals surface area contributed by atoms with Gasteiger partial charge >= 0.3 is 6.18 Å². The number of carbonyl (C=O) groups excluding carboxylic acids is 1. The molecule has 5 nitrogen and oxygen atoms in total. The number of thiazole rings is 1. The lowest BCUT2D eigenvalue weighted by Gasteiger charge is -2.18. The lowest BCUT2D eigenvalue weighted by atomic mass is 10.2. The summed E-state index contributed by atoms with van der Waals surface area (Å²) in [7, 11) is 0. The van der Waals surface area contributed by atoms with Crippen molar-refractivity contribution in [1.29, 1.82) is 0 Å². The maximum Gasteiger partial charge on any atom is 0.415 e. The molecule has 9 heteroatoms. The molecule has 0 aliphatic carbocycles. The Bertz CT molecular complexity index is 606. The van der Waals surface area contributed by atoms with E-state index >= 15 is 0 Å². The van der Waals surface area contributed by atoms with E-state index in [0.29, 0.717) is 0 Å². The van der Waals surface area contributed by atoms with Crippen LogP contribution in [0.3, 0.4) is 0 Å². The Morgan fingerprint density at radius 1 is 1.43 bits per heavy atom. The zero-order valence-electron chi connectivity index (χ0n) is 11.3. The van der Waals surface area contributed by atoms with Gasteiger partial charge in [-0.15, -0.1) is 11.3 Å². The predicted octanol–water partition coefficient (Wildman–Crippen LogP) is 2.95. The zero-order chi connectivity index (χ0) is 15.6.